The van der Waals surface area contributed by atoms with Crippen LogP contribution in [-0.2, 0) is 9.53 Å². The third-order valence-electron chi connectivity index (χ3n) is 6.72. The first-order valence-corrected chi connectivity index (χ1v) is 13.0. The van der Waals surface area contributed by atoms with E-state index in [1.807, 2.05) is 54.3 Å². The molecule has 2 atom stereocenters. The van der Waals surface area contributed by atoms with Gasteiger partial charge in [0.15, 0.2) is 5.11 Å². The van der Waals surface area contributed by atoms with Crippen molar-refractivity contribution in [2.24, 2.45) is 0 Å². The molecule has 1 aliphatic heterocycles. The summed E-state index contributed by atoms with van der Waals surface area (Å²) < 4.78 is 16.7. The lowest BCUT2D eigenvalue weighted by Gasteiger charge is -2.27. The molecule has 41 heavy (non-hydrogen) atoms. The molecule has 4 aromatic rings. The van der Waals surface area contributed by atoms with Gasteiger partial charge in [-0.1, -0.05) is 6.07 Å². The number of methoxy groups -OCH3 is 2. The number of aromatic nitrogens is 1. The van der Waals surface area contributed by atoms with Crippen LogP contribution in [0.3, 0.4) is 0 Å². The molecule has 5 rings (SSSR count). The number of nitro groups is 1. The van der Waals surface area contributed by atoms with Crippen molar-refractivity contribution < 1.29 is 23.6 Å². The molecular formula is C29H27N5O6S. The van der Waals surface area contributed by atoms with E-state index in [0.29, 0.717) is 33.6 Å². The molecule has 1 fully saturated rings. The van der Waals surface area contributed by atoms with Crippen molar-refractivity contribution >= 4 is 40.3 Å². The van der Waals surface area contributed by atoms with Crippen LogP contribution in [0.1, 0.15) is 29.1 Å². The number of pyridine rings is 1. The van der Waals surface area contributed by atoms with E-state index in [9.17, 15) is 14.9 Å². The van der Waals surface area contributed by atoms with Gasteiger partial charge in [0.25, 0.3) is 5.69 Å². The zero-order valence-corrected chi connectivity index (χ0v) is 23.3. The van der Waals surface area contributed by atoms with Crippen molar-refractivity contribution in [2.75, 3.05) is 31.0 Å². The predicted octanol–water partition coefficient (Wildman–Crippen LogP) is 5.33. The van der Waals surface area contributed by atoms with Gasteiger partial charge >= 0.3 is 0 Å². The minimum Gasteiger partial charge on any atom is -0.496 e. The number of rotatable bonds is 9. The number of anilines is 2. The molecule has 1 amide bonds. The summed E-state index contributed by atoms with van der Waals surface area (Å²) in [6.45, 7) is 1.85. The Bertz CT molecular complexity index is 1610. The molecule has 2 N–H and O–H groups in total. The number of hydrogen-bond donors (Lipinski definition) is 2. The molecule has 3 heterocycles. The first-order chi connectivity index (χ1) is 19.8. The van der Waals surface area contributed by atoms with Crippen LogP contribution >= 0.6 is 12.2 Å². The highest BCUT2D eigenvalue weighted by Crippen LogP contribution is 2.44. The summed E-state index contributed by atoms with van der Waals surface area (Å²) in [5.41, 5.74) is 3.56. The molecule has 0 spiro atoms. The maximum Gasteiger partial charge on any atom is 0.273 e. The van der Waals surface area contributed by atoms with E-state index in [1.165, 1.54) is 26.4 Å². The second kappa shape index (κ2) is 11.7. The van der Waals surface area contributed by atoms with E-state index in [1.54, 1.807) is 18.3 Å². The molecule has 210 valence electrons. The molecule has 0 bridgehead atoms. The Labute approximate surface area is 241 Å². The SMILES string of the molecule is COCC(=O)Nc1ccc(N2C(=S)NC(c3ccccn3)C2c2ccc(-c3ccc([N+](=O)[O-])cc3OC)o2)cc1C. The van der Waals surface area contributed by atoms with Gasteiger partial charge in [0.2, 0.25) is 5.91 Å². The van der Waals surface area contributed by atoms with E-state index in [-0.39, 0.29) is 24.2 Å². The van der Waals surface area contributed by atoms with Gasteiger partial charge in [-0.2, -0.15) is 0 Å². The van der Waals surface area contributed by atoms with Crippen molar-refractivity contribution in [2.45, 2.75) is 19.0 Å². The van der Waals surface area contributed by atoms with E-state index in [4.69, 9.17) is 26.1 Å². The summed E-state index contributed by atoms with van der Waals surface area (Å²) in [4.78, 5) is 29.4. The lowest BCUT2D eigenvalue weighted by Crippen LogP contribution is -2.29. The monoisotopic (exact) mass is 573 g/mol. The fourth-order valence-corrected chi connectivity index (χ4v) is 5.18. The van der Waals surface area contributed by atoms with Gasteiger partial charge in [0.05, 0.1) is 35.4 Å². The number of carbonyl (C=O) groups excluding carboxylic acids is 1. The van der Waals surface area contributed by atoms with Gasteiger partial charge in [-0.15, -0.1) is 0 Å². The summed E-state index contributed by atoms with van der Waals surface area (Å²) in [5.74, 6) is 1.15. The summed E-state index contributed by atoms with van der Waals surface area (Å²) in [5, 5.41) is 18.0. The van der Waals surface area contributed by atoms with Gasteiger partial charge < -0.3 is 29.4 Å². The van der Waals surface area contributed by atoms with Crippen LogP contribution in [0.25, 0.3) is 11.3 Å². The maximum absolute atomic E-state index is 12.1. The average Bonchev–Trinajstić information content (AvgIpc) is 3.59. The Morgan fingerprint density at radius 2 is 2.00 bits per heavy atom. The molecule has 2 unspecified atom stereocenters. The zero-order valence-electron chi connectivity index (χ0n) is 22.5. The van der Waals surface area contributed by atoms with Crippen LogP contribution in [0.15, 0.2) is 77.3 Å². The minimum absolute atomic E-state index is 0.0461. The van der Waals surface area contributed by atoms with Crippen LogP contribution in [0.4, 0.5) is 17.1 Å². The summed E-state index contributed by atoms with van der Waals surface area (Å²) >= 11 is 5.81. The fourth-order valence-electron chi connectivity index (χ4n) is 4.83. The standard InChI is InChI=1S/C29H27N5O6S/c1-17-14-18(8-10-21(17)31-26(35)16-38-2)33-28(27(32-29(33)41)22-6-4-5-13-30-22)24-12-11-23(40-24)20-9-7-19(34(36)37)15-25(20)39-3/h4-15,27-28H,16H2,1-3H3,(H,31,35)(H,32,41). The number of nitro benzene ring substituents is 1. The van der Waals surface area contributed by atoms with Gasteiger partial charge in [-0.3, -0.25) is 19.9 Å². The Morgan fingerprint density at radius 1 is 1.17 bits per heavy atom. The number of non-ortho nitro benzene ring substituents is 1. The van der Waals surface area contributed by atoms with Gasteiger partial charge in [-0.05, 0) is 73.2 Å². The first-order valence-electron chi connectivity index (χ1n) is 12.6. The minimum atomic E-state index is -0.476. The van der Waals surface area contributed by atoms with Crippen molar-refractivity contribution in [3.8, 4) is 17.1 Å². The van der Waals surface area contributed by atoms with Crippen LogP contribution in [0.2, 0.25) is 0 Å². The van der Waals surface area contributed by atoms with Crippen molar-refractivity contribution in [3.63, 3.8) is 0 Å². The summed E-state index contributed by atoms with van der Waals surface area (Å²) in [6.07, 6.45) is 1.72. The van der Waals surface area contributed by atoms with Crippen molar-refractivity contribution in [1.29, 1.82) is 0 Å². The number of ether oxygens (including phenoxy) is 2. The lowest BCUT2D eigenvalue weighted by molar-refractivity contribution is -0.384. The number of furan rings is 1. The third kappa shape index (κ3) is 5.60. The number of thiocarbonyl (C=S) groups is 1. The highest BCUT2D eigenvalue weighted by atomic mass is 32.1. The van der Waals surface area contributed by atoms with Crippen LogP contribution < -0.4 is 20.3 Å². The van der Waals surface area contributed by atoms with E-state index >= 15 is 0 Å². The average molecular weight is 574 g/mol. The van der Waals surface area contributed by atoms with Crippen LogP contribution in [0.5, 0.6) is 5.75 Å². The quantitative estimate of drug-likeness (QED) is 0.154. The highest BCUT2D eigenvalue weighted by molar-refractivity contribution is 7.80. The molecule has 12 heteroatoms. The second-order valence-corrected chi connectivity index (χ2v) is 9.71. The van der Waals surface area contributed by atoms with Gasteiger partial charge in [0, 0.05) is 30.7 Å². The second-order valence-electron chi connectivity index (χ2n) is 9.32. The number of amides is 1. The summed E-state index contributed by atoms with van der Waals surface area (Å²) in [7, 11) is 2.92. The zero-order chi connectivity index (χ0) is 29.1. The number of aryl methyl sites for hydroxylation is 1. The molecule has 0 aliphatic carbocycles. The van der Waals surface area contributed by atoms with Gasteiger partial charge in [-0.25, -0.2) is 0 Å². The molecule has 0 saturated carbocycles. The molecule has 2 aromatic carbocycles. The number of nitrogens with one attached hydrogen (secondary N) is 2. The predicted molar refractivity (Wildman–Crippen MR) is 157 cm³/mol. The molecule has 0 radical (unpaired) electrons. The van der Waals surface area contributed by atoms with Crippen molar-refractivity contribution in [3.05, 3.63) is 100 Å². The molecule has 11 nitrogen and oxygen atoms in total. The van der Waals surface area contributed by atoms with E-state index in [0.717, 1.165) is 16.9 Å². The normalized spacial score (nSPS) is 16.4. The number of nitrogens with zero attached hydrogens (tertiary/aromatic N) is 3. The first kappa shape index (κ1) is 27.7. The van der Waals surface area contributed by atoms with Crippen LogP contribution in [0, 0.1) is 17.0 Å². The topological polar surface area (TPSA) is 132 Å². The third-order valence-corrected chi connectivity index (χ3v) is 7.03. The maximum atomic E-state index is 12.1. The summed E-state index contributed by atoms with van der Waals surface area (Å²) in [6, 6.07) is 18.6. The fraction of sp³-hybridized carbons (Fsp3) is 0.207. The van der Waals surface area contributed by atoms with Crippen LogP contribution in [-0.4, -0.2) is 41.8 Å². The smallest absolute Gasteiger partial charge is 0.273 e. The number of carbonyl (C=O) groups is 1. The molecule has 1 aliphatic rings. The molecular weight excluding hydrogens is 546 g/mol. The highest BCUT2D eigenvalue weighted by Gasteiger charge is 2.42. The molecule has 1 saturated heterocycles. The van der Waals surface area contributed by atoms with Gasteiger partial charge in [0.1, 0.15) is 29.9 Å². The Kier molecular flexibility index (Phi) is 7.95. The lowest BCUT2D eigenvalue weighted by atomic mass is 10.0. The Hall–Kier alpha value is -4.81. The molecule has 2 aromatic heterocycles. The largest absolute Gasteiger partial charge is 0.496 e. The van der Waals surface area contributed by atoms with Crippen molar-refractivity contribution in [1.82, 2.24) is 10.3 Å². The van der Waals surface area contributed by atoms with E-state index in [2.05, 4.69) is 15.6 Å². The number of benzene rings is 2. The Balaban J connectivity index is 1.55. The van der Waals surface area contributed by atoms with E-state index < -0.39 is 11.0 Å². The Morgan fingerprint density at radius 3 is 2.68 bits per heavy atom. The number of hydrogen-bond acceptors (Lipinski definition) is 8.